The van der Waals surface area contributed by atoms with E-state index in [9.17, 15) is 0 Å². The molecule has 0 radical (unpaired) electrons. The van der Waals surface area contributed by atoms with Crippen LogP contribution in [0.1, 0.15) is 18.1 Å². The van der Waals surface area contributed by atoms with Crippen molar-refractivity contribution in [3.8, 4) is 0 Å². The lowest BCUT2D eigenvalue weighted by molar-refractivity contribution is 0.508. The summed E-state index contributed by atoms with van der Waals surface area (Å²) in [5.74, 6) is 0.741. The fraction of sp³-hybridized carbons (Fsp3) is 0.500. The molecule has 0 bridgehead atoms. The first kappa shape index (κ1) is 10.0. The third-order valence-corrected chi connectivity index (χ3v) is 3.25. The normalized spacial score (nSPS) is 19.7. The molecule has 0 aromatic heterocycles. The highest BCUT2D eigenvalue weighted by Crippen LogP contribution is 2.31. The Hall–Kier alpha value is -0.530. The van der Waals surface area contributed by atoms with Crippen LogP contribution in [0.2, 0.25) is 5.02 Å². The summed E-state index contributed by atoms with van der Waals surface area (Å²) in [7, 11) is 0. The topological polar surface area (TPSA) is 12.0 Å². The Morgan fingerprint density at radius 1 is 1.43 bits per heavy atom. The fourth-order valence-electron chi connectivity index (χ4n) is 2.19. The van der Waals surface area contributed by atoms with E-state index in [0.29, 0.717) is 0 Å². The van der Waals surface area contributed by atoms with Crippen LogP contribution in [0.5, 0.6) is 0 Å². The van der Waals surface area contributed by atoms with Crippen LogP contribution in [0.15, 0.2) is 18.2 Å². The Bertz CT molecular complexity index is 322. The van der Waals surface area contributed by atoms with E-state index >= 15 is 0 Å². The van der Waals surface area contributed by atoms with Gasteiger partial charge in [0.1, 0.15) is 0 Å². The predicted octanol–water partition coefficient (Wildman–Crippen LogP) is 2.66. The van der Waals surface area contributed by atoms with Crippen LogP contribution in [-0.4, -0.2) is 13.1 Å². The highest BCUT2D eigenvalue weighted by atomic mass is 35.5. The summed E-state index contributed by atoms with van der Waals surface area (Å²) in [6.45, 7) is 4.32. The van der Waals surface area contributed by atoms with E-state index in [-0.39, 0.29) is 0 Å². The molecule has 1 N–H and O–H groups in total. The van der Waals surface area contributed by atoms with E-state index in [1.165, 1.54) is 17.5 Å². The average molecular weight is 210 g/mol. The zero-order valence-electron chi connectivity index (χ0n) is 8.52. The van der Waals surface area contributed by atoms with Gasteiger partial charge in [0.05, 0.1) is 0 Å². The van der Waals surface area contributed by atoms with E-state index in [1.54, 1.807) is 0 Å². The third kappa shape index (κ3) is 1.94. The van der Waals surface area contributed by atoms with Gasteiger partial charge in [-0.25, -0.2) is 0 Å². The van der Waals surface area contributed by atoms with Gasteiger partial charge in [0.15, 0.2) is 0 Å². The SMILES string of the molecule is CCNCC1Cc2cccc(Cl)c2C1. The molecule has 1 unspecified atom stereocenters. The van der Waals surface area contributed by atoms with Crippen molar-refractivity contribution in [2.24, 2.45) is 5.92 Å². The largest absolute Gasteiger partial charge is 0.317 e. The zero-order valence-corrected chi connectivity index (χ0v) is 9.27. The predicted molar refractivity (Wildman–Crippen MR) is 60.9 cm³/mol. The second kappa shape index (κ2) is 4.33. The van der Waals surface area contributed by atoms with E-state index in [0.717, 1.165) is 30.5 Å². The molecule has 2 rings (SSSR count). The number of fused-ring (bicyclic) bond motifs is 1. The molecule has 2 heteroatoms. The smallest absolute Gasteiger partial charge is 0.0440 e. The molecule has 1 aromatic carbocycles. The standard InChI is InChI=1S/C12H16ClN/c1-2-14-8-9-6-10-4-3-5-12(13)11(10)7-9/h3-5,9,14H,2,6-8H2,1H3. The van der Waals surface area contributed by atoms with E-state index in [1.807, 2.05) is 6.07 Å². The number of hydrogen-bond acceptors (Lipinski definition) is 1. The van der Waals surface area contributed by atoms with Gasteiger partial charge in [-0.15, -0.1) is 0 Å². The van der Waals surface area contributed by atoms with Crippen LogP contribution in [-0.2, 0) is 12.8 Å². The van der Waals surface area contributed by atoms with Crippen LogP contribution in [0.3, 0.4) is 0 Å². The molecule has 0 saturated carbocycles. The molecule has 1 atom stereocenters. The molecule has 0 saturated heterocycles. The molecular weight excluding hydrogens is 194 g/mol. The highest BCUT2D eigenvalue weighted by molar-refractivity contribution is 6.31. The third-order valence-electron chi connectivity index (χ3n) is 2.90. The van der Waals surface area contributed by atoms with Gasteiger partial charge in [0.25, 0.3) is 0 Å². The van der Waals surface area contributed by atoms with Crippen molar-refractivity contribution in [3.05, 3.63) is 34.3 Å². The lowest BCUT2D eigenvalue weighted by atomic mass is 10.1. The Kier molecular flexibility index (Phi) is 3.09. The Labute approximate surface area is 90.5 Å². The molecule has 0 heterocycles. The minimum Gasteiger partial charge on any atom is -0.317 e. The molecule has 1 aliphatic rings. The van der Waals surface area contributed by atoms with Crippen molar-refractivity contribution >= 4 is 11.6 Å². The summed E-state index contributed by atoms with van der Waals surface area (Å²) in [6.07, 6.45) is 2.32. The summed E-state index contributed by atoms with van der Waals surface area (Å²) in [4.78, 5) is 0. The number of hydrogen-bond donors (Lipinski definition) is 1. The molecule has 14 heavy (non-hydrogen) atoms. The second-order valence-corrected chi connectivity index (χ2v) is 4.37. The van der Waals surface area contributed by atoms with Crippen molar-refractivity contribution < 1.29 is 0 Å². The van der Waals surface area contributed by atoms with Crippen LogP contribution >= 0.6 is 11.6 Å². The highest BCUT2D eigenvalue weighted by Gasteiger charge is 2.22. The van der Waals surface area contributed by atoms with Crippen molar-refractivity contribution in [3.63, 3.8) is 0 Å². The zero-order chi connectivity index (χ0) is 9.97. The van der Waals surface area contributed by atoms with Crippen molar-refractivity contribution in [2.75, 3.05) is 13.1 Å². The maximum atomic E-state index is 6.15. The van der Waals surface area contributed by atoms with Gasteiger partial charge in [-0.3, -0.25) is 0 Å². The Balaban J connectivity index is 2.06. The monoisotopic (exact) mass is 209 g/mol. The summed E-state index contributed by atoms with van der Waals surface area (Å²) in [5.41, 5.74) is 2.82. The lowest BCUT2D eigenvalue weighted by Crippen LogP contribution is -2.22. The summed E-state index contributed by atoms with van der Waals surface area (Å²) in [5, 5.41) is 4.35. The van der Waals surface area contributed by atoms with Gasteiger partial charge < -0.3 is 5.32 Å². The fourth-order valence-corrected chi connectivity index (χ4v) is 2.46. The maximum absolute atomic E-state index is 6.15. The molecule has 1 aromatic rings. The van der Waals surface area contributed by atoms with Gasteiger partial charge in [-0.2, -0.15) is 0 Å². The molecule has 0 aliphatic heterocycles. The Morgan fingerprint density at radius 3 is 3.00 bits per heavy atom. The number of rotatable bonds is 3. The summed E-state index contributed by atoms with van der Waals surface area (Å²) < 4.78 is 0. The first-order chi connectivity index (χ1) is 6.81. The number of benzene rings is 1. The van der Waals surface area contributed by atoms with Crippen LogP contribution in [0.4, 0.5) is 0 Å². The first-order valence-corrected chi connectivity index (χ1v) is 5.66. The first-order valence-electron chi connectivity index (χ1n) is 5.28. The molecule has 0 fully saturated rings. The van der Waals surface area contributed by atoms with Gasteiger partial charge in [0, 0.05) is 5.02 Å². The van der Waals surface area contributed by atoms with Crippen LogP contribution < -0.4 is 5.32 Å². The van der Waals surface area contributed by atoms with Gasteiger partial charge in [-0.1, -0.05) is 30.7 Å². The summed E-state index contributed by atoms with van der Waals surface area (Å²) in [6, 6.07) is 6.25. The Morgan fingerprint density at radius 2 is 2.29 bits per heavy atom. The average Bonchev–Trinajstić information content (AvgIpc) is 2.59. The van der Waals surface area contributed by atoms with Crippen molar-refractivity contribution in [1.29, 1.82) is 0 Å². The van der Waals surface area contributed by atoms with E-state index < -0.39 is 0 Å². The van der Waals surface area contributed by atoms with E-state index in [2.05, 4.69) is 24.4 Å². The minimum atomic E-state index is 0.741. The van der Waals surface area contributed by atoms with E-state index in [4.69, 9.17) is 11.6 Å². The maximum Gasteiger partial charge on any atom is 0.0440 e. The molecule has 76 valence electrons. The second-order valence-electron chi connectivity index (χ2n) is 3.96. The van der Waals surface area contributed by atoms with Crippen molar-refractivity contribution in [2.45, 2.75) is 19.8 Å². The van der Waals surface area contributed by atoms with Crippen LogP contribution in [0, 0.1) is 5.92 Å². The molecule has 1 nitrogen and oxygen atoms in total. The molecule has 1 aliphatic carbocycles. The number of nitrogens with one attached hydrogen (secondary N) is 1. The minimum absolute atomic E-state index is 0.741. The quantitative estimate of drug-likeness (QED) is 0.807. The van der Waals surface area contributed by atoms with Gasteiger partial charge in [0.2, 0.25) is 0 Å². The van der Waals surface area contributed by atoms with Gasteiger partial charge >= 0.3 is 0 Å². The molecule has 0 spiro atoms. The number of halogens is 1. The molecular formula is C12H16ClN. The molecule has 0 amide bonds. The van der Waals surface area contributed by atoms with Crippen LogP contribution in [0.25, 0.3) is 0 Å². The van der Waals surface area contributed by atoms with Crippen molar-refractivity contribution in [1.82, 2.24) is 5.32 Å². The van der Waals surface area contributed by atoms with Gasteiger partial charge in [-0.05, 0) is 49.0 Å². The summed E-state index contributed by atoms with van der Waals surface area (Å²) >= 11 is 6.15. The lowest BCUT2D eigenvalue weighted by Gasteiger charge is -2.08.